The number of nitrogens with zero attached hydrogens (tertiary/aromatic N) is 3. The number of hydrogen-bond donors (Lipinski definition) is 1. The number of likely N-dealkylation sites (tertiary alicyclic amines) is 1. The van der Waals surface area contributed by atoms with E-state index in [-0.39, 0.29) is 5.97 Å². The van der Waals surface area contributed by atoms with Gasteiger partial charge in [0.2, 0.25) is 0 Å². The molecule has 1 aliphatic rings. The second kappa shape index (κ2) is 11.8. The highest BCUT2D eigenvalue weighted by atomic mass is 16.5. The lowest BCUT2D eigenvalue weighted by atomic mass is 9.74. The van der Waals surface area contributed by atoms with E-state index in [1.807, 2.05) is 25.1 Å². The van der Waals surface area contributed by atoms with E-state index in [9.17, 15) is 9.90 Å². The predicted octanol–water partition coefficient (Wildman–Crippen LogP) is 5.44. The molecule has 1 aromatic heterocycles. The number of piperidine rings is 1. The van der Waals surface area contributed by atoms with Gasteiger partial charge >= 0.3 is 5.97 Å². The molecular formula is C33H35N3O3. The number of aliphatic hydroxyl groups excluding tert-OH is 1. The molecule has 2 heterocycles. The number of hydrogen-bond acceptors (Lipinski definition) is 5. The first-order chi connectivity index (χ1) is 19.0. The van der Waals surface area contributed by atoms with Crippen LogP contribution in [0.1, 0.15) is 47.3 Å². The fourth-order valence-corrected chi connectivity index (χ4v) is 5.75. The normalized spacial score (nSPS) is 17.6. The highest BCUT2D eigenvalue weighted by Gasteiger charge is 2.44. The summed E-state index contributed by atoms with van der Waals surface area (Å²) in [7, 11) is 0. The van der Waals surface area contributed by atoms with E-state index in [1.54, 1.807) is 17.8 Å². The number of carbonyl (C=O) groups excluding carboxylic acids is 1. The van der Waals surface area contributed by atoms with Gasteiger partial charge in [0.05, 0.1) is 36.6 Å². The molecule has 1 N–H and O–H groups in total. The minimum Gasteiger partial charge on any atom is -0.462 e. The van der Waals surface area contributed by atoms with Crippen molar-refractivity contribution < 1.29 is 14.6 Å². The lowest BCUT2D eigenvalue weighted by Crippen LogP contribution is -2.53. The maximum atomic E-state index is 12.1. The van der Waals surface area contributed by atoms with Crippen LogP contribution in [0.15, 0.2) is 115 Å². The van der Waals surface area contributed by atoms with E-state index in [1.165, 1.54) is 22.9 Å². The summed E-state index contributed by atoms with van der Waals surface area (Å²) in [5, 5.41) is 15.6. The minimum atomic E-state index is -0.543. The molecule has 5 rings (SSSR count). The smallest absolute Gasteiger partial charge is 0.341 e. The van der Waals surface area contributed by atoms with Gasteiger partial charge < -0.3 is 9.84 Å². The summed E-state index contributed by atoms with van der Waals surface area (Å²) in [5.41, 5.74) is 5.45. The first-order valence-corrected chi connectivity index (χ1v) is 13.5. The Morgan fingerprint density at radius 1 is 0.949 bits per heavy atom. The lowest BCUT2D eigenvalue weighted by molar-refractivity contribution is 0.0526. The Balaban J connectivity index is 1.57. The van der Waals surface area contributed by atoms with Gasteiger partial charge in [0, 0.05) is 19.3 Å². The number of carbonyl (C=O) groups is 1. The quantitative estimate of drug-likeness (QED) is 0.190. The molecule has 0 amide bonds. The van der Waals surface area contributed by atoms with Crippen molar-refractivity contribution in [2.24, 2.45) is 0 Å². The van der Waals surface area contributed by atoms with Gasteiger partial charge in [0.1, 0.15) is 0 Å². The molecule has 4 aromatic rings. The van der Waals surface area contributed by atoms with Crippen LogP contribution < -0.4 is 0 Å². The Kier molecular flexibility index (Phi) is 8.05. The van der Waals surface area contributed by atoms with Crippen molar-refractivity contribution in [3.8, 4) is 0 Å². The zero-order valence-electron chi connectivity index (χ0n) is 22.5. The number of ether oxygens (including phenoxy) is 1. The molecule has 0 bridgehead atoms. The van der Waals surface area contributed by atoms with Gasteiger partial charge in [-0.2, -0.15) is 5.10 Å². The summed E-state index contributed by atoms with van der Waals surface area (Å²) >= 11 is 0. The molecule has 39 heavy (non-hydrogen) atoms. The van der Waals surface area contributed by atoms with Crippen LogP contribution in [0.3, 0.4) is 0 Å². The van der Waals surface area contributed by atoms with Crippen LogP contribution in [0.4, 0.5) is 0 Å². The minimum absolute atomic E-state index is 0.321. The third kappa shape index (κ3) is 5.31. The summed E-state index contributed by atoms with van der Waals surface area (Å²) in [6.45, 7) is 5.95. The average molecular weight is 522 g/mol. The van der Waals surface area contributed by atoms with Crippen LogP contribution in [0.5, 0.6) is 0 Å². The highest BCUT2D eigenvalue weighted by molar-refractivity contribution is 5.88. The highest BCUT2D eigenvalue weighted by Crippen LogP contribution is 2.44. The molecule has 6 heteroatoms. The van der Waals surface area contributed by atoms with Gasteiger partial charge in [-0.05, 0) is 48.1 Å². The SMILES string of the molecule is CCOC(=O)c1cnn(CC(C)=C2CN(C(c3ccccc3)(c3ccccc3)c3ccccc3)CCC2O)c1. The van der Waals surface area contributed by atoms with E-state index < -0.39 is 11.6 Å². The van der Waals surface area contributed by atoms with E-state index in [0.29, 0.717) is 31.7 Å². The Morgan fingerprint density at radius 2 is 1.49 bits per heavy atom. The first kappa shape index (κ1) is 26.6. The molecule has 1 fully saturated rings. The Morgan fingerprint density at radius 3 is 2.00 bits per heavy atom. The maximum Gasteiger partial charge on any atom is 0.341 e. The van der Waals surface area contributed by atoms with Gasteiger partial charge in [0.25, 0.3) is 0 Å². The third-order valence-electron chi connectivity index (χ3n) is 7.58. The molecule has 6 nitrogen and oxygen atoms in total. The number of aliphatic hydroxyl groups is 1. The van der Waals surface area contributed by atoms with Crippen LogP contribution in [0, 0.1) is 0 Å². The molecule has 0 spiro atoms. The predicted molar refractivity (Wildman–Crippen MR) is 152 cm³/mol. The standard InChI is InChI=1S/C33H35N3O3/c1-3-39-32(38)26-21-34-36(23-26)22-25(2)30-24-35(20-19-31(30)37)33(27-13-7-4-8-14-27,28-15-9-5-10-16-28)29-17-11-6-12-18-29/h4-18,21,23,31,37H,3,19-20,22,24H2,1-2H3. The van der Waals surface area contributed by atoms with Crippen LogP contribution in [0.2, 0.25) is 0 Å². The van der Waals surface area contributed by atoms with Gasteiger partial charge in [0.15, 0.2) is 0 Å². The number of aromatic nitrogens is 2. The van der Waals surface area contributed by atoms with Gasteiger partial charge in [-0.3, -0.25) is 9.58 Å². The number of benzene rings is 3. The first-order valence-electron chi connectivity index (χ1n) is 13.5. The second-order valence-corrected chi connectivity index (χ2v) is 9.99. The molecule has 3 aromatic carbocycles. The molecule has 1 atom stereocenters. The van der Waals surface area contributed by atoms with Crippen molar-refractivity contribution >= 4 is 5.97 Å². The number of esters is 1. The van der Waals surface area contributed by atoms with E-state index in [4.69, 9.17) is 4.74 Å². The fourth-order valence-electron chi connectivity index (χ4n) is 5.75. The van der Waals surface area contributed by atoms with E-state index in [0.717, 1.165) is 17.7 Å². The van der Waals surface area contributed by atoms with Crippen LogP contribution in [-0.4, -0.2) is 51.6 Å². The van der Waals surface area contributed by atoms with Crippen molar-refractivity contribution in [3.05, 3.63) is 137 Å². The van der Waals surface area contributed by atoms with Crippen LogP contribution in [0.25, 0.3) is 0 Å². The summed E-state index contributed by atoms with van der Waals surface area (Å²) in [6, 6.07) is 31.9. The Bertz CT molecular complexity index is 1320. The molecule has 1 saturated heterocycles. The van der Waals surface area contributed by atoms with Crippen molar-refractivity contribution in [1.82, 2.24) is 14.7 Å². The molecule has 200 valence electrons. The number of rotatable bonds is 8. The van der Waals surface area contributed by atoms with E-state index in [2.05, 4.69) is 82.8 Å². The zero-order valence-corrected chi connectivity index (χ0v) is 22.5. The molecular weight excluding hydrogens is 486 g/mol. The summed E-state index contributed by atoms with van der Waals surface area (Å²) in [6.07, 6.45) is 3.32. The van der Waals surface area contributed by atoms with Gasteiger partial charge in [-0.1, -0.05) is 91.0 Å². The van der Waals surface area contributed by atoms with Crippen LogP contribution in [-0.2, 0) is 16.8 Å². The van der Waals surface area contributed by atoms with Gasteiger partial charge in [-0.25, -0.2) is 4.79 Å². The van der Waals surface area contributed by atoms with Gasteiger partial charge in [-0.15, -0.1) is 0 Å². The Labute approximate surface area is 230 Å². The van der Waals surface area contributed by atoms with Crippen molar-refractivity contribution in [3.63, 3.8) is 0 Å². The number of allylic oxidation sites excluding steroid dienone is 1. The molecule has 0 aliphatic carbocycles. The van der Waals surface area contributed by atoms with E-state index >= 15 is 0 Å². The second-order valence-electron chi connectivity index (χ2n) is 9.99. The van der Waals surface area contributed by atoms with Crippen molar-refractivity contribution in [2.75, 3.05) is 19.7 Å². The molecule has 1 unspecified atom stereocenters. The summed E-state index contributed by atoms with van der Waals surface area (Å²) in [4.78, 5) is 14.6. The largest absolute Gasteiger partial charge is 0.462 e. The van der Waals surface area contributed by atoms with Crippen molar-refractivity contribution in [1.29, 1.82) is 0 Å². The molecule has 0 radical (unpaired) electrons. The maximum absolute atomic E-state index is 12.1. The summed E-state index contributed by atoms with van der Waals surface area (Å²) < 4.78 is 6.84. The third-order valence-corrected chi connectivity index (χ3v) is 7.58. The monoisotopic (exact) mass is 521 g/mol. The molecule has 0 saturated carbocycles. The topological polar surface area (TPSA) is 67.6 Å². The van der Waals surface area contributed by atoms with Crippen LogP contribution >= 0.6 is 0 Å². The average Bonchev–Trinajstić information content (AvgIpc) is 3.45. The Hall–Kier alpha value is -4.00. The summed E-state index contributed by atoms with van der Waals surface area (Å²) in [5.74, 6) is -0.378. The fraction of sp³-hybridized carbons (Fsp3) is 0.273. The molecule has 1 aliphatic heterocycles. The van der Waals surface area contributed by atoms with Crippen molar-refractivity contribution in [2.45, 2.75) is 38.5 Å². The zero-order chi connectivity index (χ0) is 27.2. The lowest BCUT2D eigenvalue weighted by Gasteiger charge is -2.49.